The zero-order valence-electron chi connectivity index (χ0n) is 12.0. The second-order valence-electron chi connectivity index (χ2n) is 5.66. The summed E-state index contributed by atoms with van der Waals surface area (Å²) in [6.07, 6.45) is 2.29. The molecule has 5 heteroatoms. The molecule has 0 amide bonds. The predicted molar refractivity (Wildman–Crippen MR) is 79.7 cm³/mol. The fraction of sp³-hybridized carbons (Fsp3) is 0.375. The van der Waals surface area contributed by atoms with E-state index in [1.54, 1.807) is 0 Å². The number of nitrogens with zero attached hydrogens (tertiary/aromatic N) is 3. The average molecular weight is 282 g/mol. The molecular formula is C16H18N4O. The van der Waals surface area contributed by atoms with Crippen molar-refractivity contribution in [2.75, 3.05) is 6.54 Å². The zero-order chi connectivity index (χ0) is 14.2. The van der Waals surface area contributed by atoms with Crippen molar-refractivity contribution in [3.63, 3.8) is 0 Å². The molecule has 0 spiro atoms. The summed E-state index contributed by atoms with van der Waals surface area (Å²) >= 11 is 0. The molecule has 1 aromatic carbocycles. The van der Waals surface area contributed by atoms with Gasteiger partial charge in [0.2, 0.25) is 0 Å². The van der Waals surface area contributed by atoms with Crippen LogP contribution in [0, 0.1) is 6.92 Å². The monoisotopic (exact) mass is 282 g/mol. The maximum atomic E-state index is 5.93. The summed E-state index contributed by atoms with van der Waals surface area (Å²) < 4.78 is 5.93. The number of para-hydroxylation sites is 1. The Morgan fingerprint density at radius 3 is 3.10 bits per heavy atom. The molecule has 0 radical (unpaired) electrons. The van der Waals surface area contributed by atoms with E-state index in [0.29, 0.717) is 6.04 Å². The smallest absolute Gasteiger partial charge is 0.167 e. The summed E-state index contributed by atoms with van der Waals surface area (Å²) in [6.45, 7) is 3.82. The van der Waals surface area contributed by atoms with Crippen molar-refractivity contribution in [1.82, 2.24) is 20.1 Å². The number of hydrogen-bond acceptors (Lipinski definition) is 4. The number of H-pyrrole nitrogens is 1. The van der Waals surface area contributed by atoms with Crippen molar-refractivity contribution >= 4 is 11.0 Å². The van der Waals surface area contributed by atoms with Crippen LogP contribution in [0.2, 0.25) is 0 Å². The van der Waals surface area contributed by atoms with Gasteiger partial charge in [-0.3, -0.25) is 10.00 Å². The topological polar surface area (TPSA) is 58.0 Å². The predicted octanol–water partition coefficient (Wildman–Crippen LogP) is 3.20. The Morgan fingerprint density at radius 2 is 2.29 bits per heavy atom. The van der Waals surface area contributed by atoms with Crippen LogP contribution in [0.1, 0.15) is 36.3 Å². The van der Waals surface area contributed by atoms with Crippen LogP contribution >= 0.6 is 0 Å². The fourth-order valence-electron chi connectivity index (χ4n) is 3.13. The van der Waals surface area contributed by atoms with Crippen LogP contribution in [0.15, 0.2) is 34.7 Å². The Morgan fingerprint density at radius 1 is 1.38 bits per heavy atom. The van der Waals surface area contributed by atoms with Gasteiger partial charge in [-0.1, -0.05) is 18.2 Å². The minimum atomic E-state index is 0.295. The number of fused-ring (bicyclic) bond motifs is 1. The number of aromatic amines is 1. The zero-order valence-corrected chi connectivity index (χ0v) is 12.0. The molecule has 4 rings (SSSR count). The number of aromatic nitrogens is 3. The largest absolute Gasteiger partial charge is 0.460 e. The number of benzene rings is 1. The van der Waals surface area contributed by atoms with E-state index in [1.165, 1.54) is 6.42 Å². The summed E-state index contributed by atoms with van der Waals surface area (Å²) in [6, 6.07) is 10.6. The Labute approximate surface area is 123 Å². The first-order chi connectivity index (χ1) is 10.3. The molecule has 5 nitrogen and oxygen atoms in total. The molecule has 108 valence electrons. The molecule has 1 aliphatic rings. The summed E-state index contributed by atoms with van der Waals surface area (Å²) in [5, 5.41) is 8.43. The molecule has 1 N–H and O–H groups in total. The van der Waals surface area contributed by atoms with E-state index in [2.05, 4.69) is 32.2 Å². The molecular weight excluding hydrogens is 264 g/mol. The SMILES string of the molecule is Cc1nc(C2CCCN2Cc2cc3ccccc3o2)n[nH]1. The molecule has 0 aliphatic carbocycles. The van der Waals surface area contributed by atoms with E-state index in [-0.39, 0.29) is 0 Å². The van der Waals surface area contributed by atoms with E-state index in [1.807, 2.05) is 25.1 Å². The van der Waals surface area contributed by atoms with Crippen LogP contribution in [0.5, 0.6) is 0 Å². The molecule has 3 heterocycles. The van der Waals surface area contributed by atoms with Crippen molar-refractivity contribution in [2.24, 2.45) is 0 Å². The Kier molecular flexibility index (Phi) is 3.00. The van der Waals surface area contributed by atoms with Crippen molar-refractivity contribution in [3.8, 4) is 0 Å². The van der Waals surface area contributed by atoms with Crippen LogP contribution in [0.4, 0.5) is 0 Å². The van der Waals surface area contributed by atoms with E-state index in [0.717, 1.165) is 47.9 Å². The second kappa shape index (κ2) is 5.00. The normalized spacial score (nSPS) is 19.6. The van der Waals surface area contributed by atoms with Crippen molar-refractivity contribution in [1.29, 1.82) is 0 Å². The van der Waals surface area contributed by atoms with Gasteiger partial charge in [0.05, 0.1) is 12.6 Å². The maximum absolute atomic E-state index is 5.93. The molecule has 1 fully saturated rings. The van der Waals surface area contributed by atoms with Gasteiger partial charge in [-0.15, -0.1) is 0 Å². The molecule has 1 unspecified atom stereocenters. The average Bonchev–Trinajstić information content (AvgIpc) is 3.17. The Hall–Kier alpha value is -2.14. The summed E-state index contributed by atoms with van der Waals surface area (Å²) in [5.74, 6) is 2.79. The molecule has 1 saturated heterocycles. The number of rotatable bonds is 3. The van der Waals surface area contributed by atoms with Gasteiger partial charge in [0.15, 0.2) is 5.82 Å². The van der Waals surface area contributed by atoms with Crippen molar-refractivity contribution in [3.05, 3.63) is 47.7 Å². The molecule has 3 aromatic rings. The minimum Gasteiger partial charge on any atom is -0.460 e. The lowest BCUT2D eigenvalue weighted by Crippen LogP contribution is -2.23. The second-order valence-corrected chi connectivity index (χ2v) is 5.66. The summed E-state index contributed by atoms with van der Waals surface area (Å²) in [4.78, 5) is 6.89. The first kappa shape index (κ1) is 12.6. The Balaban J connectivity index is 1.57. The van der Waals surface area contributed by atoms with E-state index in [4.69, 9.17) is 4.42 Å². The third-order valence-electron chi connectivity index (χ3n) is 4.11. The molecule has 0 bridgehead atoms. The lowest BCUT2D eigenvalue weighted by molar-refractivity contribution is 0.223. The van der Waals surface area contributed by atoms with Gasteiger partial charge in [0, 0.05) is 5.39 Å². The Bertz CT molecular complexity index is 727. The standard InChI is InChI=1S/C16H18N4O/c1-11-17-16(19-18-11)14-6-4-8-20(14)10-13-9-12-5-2-3-7-15(12)21-13/h2-3,5,7,9,14H,4,6,8,10H2,1H3,(H,17,18,19). The van der Waals surface area contributed by atoms with Gasteiger partial charge in [0.1, 0.15) is 17.2 Å². The number of aryl methyl sites for hydroxylation is 1. The molecule has 0 saturated carbocycles. The number of furan rings is 1. The number of likely N-dealkylation sites (tertiary alicyclic amines) is 1. The van der Waals surface area contributed by atoms with Crippen LogP contribution < -0.4 is 0 Å². The van der Waals surface area contributed by atoms with Gasteiger partial charge < -0.3 is 4.42 Å². The summed E-state index contributed by atoms with van der Waals surface area (Å²) in [5.41, 5.74) is 0.956. The van der Waals surface area contributed by atoms with Crippen LogP contribution in [-0.2, 0) is 6.54 Å². The van der Waals surface area contributed by atoms with E-state index < -0.39 is 0 Å². The molecule has 21 heavy (non-hydrogen) atoms. The third kappa shape index (κ3) is 2.34. The van der Waals surface area contributed by atoms with Crippen LogP contribution in [0.3, 0.4) is 0 Å². The molecule has 1 atom stereocenters. The lowest BCUT2D eigenvalue weighted by Gasteiger charge is -2.20. The number of hydrogen-bond donors (Lipinski definition) is 1. The molecule has 1 aliphatic heterocycles. The highest BCUT2D eigenvalue weighted by molar-refractivity contribution is 5.77. The fourth-order valence-corrected chi connectivity index (χ4v) is 3.13. The minimum absolute atomic E-state index is 0.295. The highest BCUT2D eigenvalue weighted by Gasteiger charge is 2.29. The molecule has 2 aromatic heterocycles. The quantitative estimate of drug-likeness (QED) is 0.801. The van der Waals surface area contributed by atoms with E-state index in [9.17, 15) is 0 Å². The van der Waals surface area contributed by atoms with Gasteiger partial charge >= 0.3 is 0 Å². The van der Waals surface area contributed by atoms with Crippen LogP contribution in [0.25, 0.3) is 11.0 Å². The lowest BCUT2D eigenvalue weighted by atomic mass is 10.2. The van der Waals surface area contributed by atoms with E-state index >= 15 is 0 Å². The maximum Gasteiger partial charge on any atom is 0.167 e. The van der Waals surface area contributed by atoms with Gasteiger partial charge in [-0.25, -0.2) is 4.98 Å². The van der Waals surface area contributed by atoms with Gasteiger partial charge in [0.25, 0.3) is 0 Å². The number of nitrogens with one attached hydrogen (secondary N) is 1. The third-order valence-corrected chi connectivity index (χ3v) is 4.11. The highest BCUT2D eigenvalue weighted by Crippen LogP contribution is 2.32. The van der Waals surface area contributed by atoms with Gasteiger partial charge in [-0.2, -0.15) is 5.10 Å². The van der Waals surface area contributed by atoms with Crippen molar-refractivity contribution in [2.45, 2.75) is 32.4 Å². The highest BCUT2D eigenvalue weighted by atomic mass is 16.3. The first-order valence-electron chi connectivity index (χ1n) is 7.40. The van der Waals surface area contributed by atoms with Crippen molar-refractivity contribution < 1.29 is 4.42 Å². The first-order valence-corrected chi connectivity index (χ1v) is 7.40. The van der Waals surface area contributed by atoms with Crippen LogP contribution in [-0.4, -0.2) is 26.6 Å². The van der Waals surface area contributed by atoms with Gasteiger partial charge in [-0.05, 0) is 38.4 Å². The summed E-state index contributed by atoms with van der Waals surface area (Å²) in [7, 11) is 0.